The standard InChI is InChI=1S/C15H20O2/c1-10-8-15(17-3)11(2)7-14(10)12-5-4-6-13(16)9-12/h7-9,13,16H,4-6H2,1-3H3. The van der Waals surface area contributed by atoms with Crippen LogP contribution in [-0.2, 0) is 0 Å². The number of hydrogen-bond donors (Lipinski definition) is 1. The van der Waals surface area contributed by atoms with E-state index in [0.717, 1.165) is 30.6 Å². The molecule has 1 aromatic carbocycles. The van der Waals surface area contributed by atoms with Crippen molar-refractivity contribution in [2.24, 2.45) is 0 Å². The van der Waals surface area contributed by atoms with Crippen molar-refractivity contribution in [3.05, 3.63) is 34.9 Å². The molecular formula is C15H20O2. The summed E-state index contributed by atoms with van der Waals surface area (Å²) in [6.07, 6.45) is 4.73. The van der Waals surface area contributed by atoms with Crippen LogP contribution in [0.3, 0.4) is 0 Å². The molecule has 1 N–H and O–H groups in total. The third-order valence-electron chi connectivity index (χ3n) is 3.43. The average Bonchev–Trinajstić information content (AvgIpc) is 2.31. The second-order valence-corrected chi connectivity index (χ2v) is 4.79. The molecule has 1 unspecified atom stereocenters. The first-order valence-corrected chi connectivity index (χ1v) is 6.16. The van der Waals surface area contributed by atoms with Crippen LogP contribution in [-0.4, -0.2) is 18.3 Å². The maximum atomic E-state index is 9.70. The highest BCUT2D eigenvalue weighted by atomic mass is 16.5. The number of methoxy groups -OCH3 is 1. The van der Waals surface area contributed by atoms with Crippen molar-refractivity contribution in [2.75, 3.05) is 7.11 Å². The molecule has 2 nitrogen and oxygen atoms in total. The molecule has 0 amide bonds. The Bertz CT molecular complexity index is 446. The van der Waals surface area contributed by atoms with Gasteiger partial charge in [-0.2, -0.15) is 0 Å². The number of benzene rings is 1. The van der Waals surface area contributed by atoms with Gasteiger partial charge in [-0.3, -0.25) is 0 Å². The molecule has 1 aliphatic rings. The van der Waals surface area contributed by atoms with E-state index in [2.05, 4.69) is 26.0 Å². The second kappa shape index (κ2) is 4.92. The summed E-state index contributed by atoms with van der Waals surface area (Å²) in [4.78, 5) is 0. The fraction of sp³-hybridized carbons (Fsp3) is 0.467. The molecule has 0 aromatic heterocycles. The zero-order valence-corrected chi connectivity index (χ0v) is 10.8. The maximum Gasteiger partial charge on any atom is 0.122 e. The summed E-state index contributed by atoms with van der Waals surface area (Å²) in [5, 5.41) is 9.70. The third kappa shape index (κ3) is 2.52. The van der Waals surface area contributed by atoms with E-state index in [9.17, 15) is 5.11 Å². The normalized spacial score (nSPS) is 20.0. The molecule has 1 atom stereocenters. The predicted octanol–water partition coefficient (Wildman–Crippen LogP) is 3.24. The molecule has 0 radical (unpaired) electrons. The van der Waals surface area contributed by atoms with Crippen LogP contribution in [0.5, 0.6) is 5.75 Å². The van der Waals surface area contributed by atoms with Gasteiger partial charge in [0.05, 0.1) is 13.2 Å². The first-order chi connectivity index (χ1) is 8.11. The van der Waals surface area contributed by atoms with Crippen LogP contribution in [0.15, 0.2) is 18.2 Å². The molecule has 0 spiro atoms. The first-order valence-electron chi connectivity index (χ1n) is 6.16. The van der Waals surface area contributed by atoms with Crippen molar-refractivity contribution in [3.63, 3.8) is 0 Å². The van der Waals surface area contributed by atoms with Gasteiger partial charge in [0, 0.05) is 0 Å². The lowest BCUT2D eigenvalue weighted by Crippen LogP contribution is -2.09. The minimum atomic E-state index is -0.277. The van der Waals surface area contributed by atoms with E-state index >= 15 is 0 Å². The Morgan fingerprint density at radius 3 is 2.65 bits per heavy atom. The van der Waals surface area contributed by atoms with E-state index in [-0.39, 0.29) is 6.10 Å². The Kier molecular flexibility index (Phi) is 3.53. The molecule has 0 fully saturated rings. The van der Waals surface area contributed by atoms with Gasteiger partial charge in [-0.05, 0) is 67.5 Å². The van der Waals surface area contributed by atoms with E-state index in [1.54, 1.807) is 7.11 Å². The minimum Gasteiger partial charge on any atom is -0.496 e. The SMILES string of the molecule is COc1cc(C)c(C2=CC(O)CCC2)cc1C. The quantitative estimate of drug-likeness (QED) is 0.848. The Morgan fingerprint density at radius 1 is 1.24 bits per heavy atom. The highest BCUT2D eigenvalue weighted by molar-refractivity contribution is 5.70. The van der Waals surface area contributed by atoms with Gasteiger partial charge in [0.25, 0.3) is 0 Å². The smallest absolute Gasteiger partial charge is 0.122 e. The Morgan fingerprint density at radius 2 is 2.00 bits per heavy atom. The molecule has 1 aliphatic carbocycles. The number of hydrogen-bond acceptors (Lipinski definition) is 2. The zero-order valence-electron chi connectivity index (χ0n) is 10.8. The molecule has 92 valence electrons. The van der Waals surface area contributed by atoms with Gasteiger partial charge in [0.15, 0.2) is 0 Å². The van der Waals surface area contributed by atoms with E-state index in [0.29, 0.717) is 0 Å². The van der Waals surface area contributed by atoms with E-state index in [1.165, 1.54) is 16.7 Å². The molecule has 0 bridgehead atoms. The van der Waals surface area contributed by atoms with Crippen LogP contribution in [0.25, 0.3) is 5.57 Å². The van der Waals surface area contributed by atoms with Crippen molar-refractivity contribution in [1.29, 1.82) is 0 Å². The molecule has 2 rings (SSSR count). The summed E-state index contributed by atoms with van der Waals surface area (Å²) >= 11 is 0. The summed E-state index contributed by atoms with van der Waals surface area (Å²) < 4.78 is 5.32. The van der Waals surface area contributed by atoms with Crippen LogP contribution in [0.2, 0.25) is 0 Å². The van der Waals surface area contributed by atoms with Gasteiger partial charge >= 0.3 is 0 Å². The first kappa shape index (κ1) is 12.2. The van der Waals surface area contributed by atoms with Gasteiger partial charge in [0.2, 0.25) is 0 Å². The van der Waals surface area contributed by atoms with Crippen LogP contribution in [0.1, 0.15) is 36.0 Å². The van der Waals surface area contributed by atoms with Gasteiger partial charge < -0.3 is 9.84 Å². The third-order valence-corrected chi connectivity index (χ3v) is 3.43. The van der Waals surface area contributed by atoms with Gasteiger partial charge in [0.1, 0.15) is 5.75 Å². The lowest BCUT2D eigenvalue weighted by Gasteiger charge is -2.20. The lowest BCUT2D eigenvalue weighted by atomic mass is 9.89. The molecule has 0 saturated carbocycles. The maximum absolute atomic E-state index is 9.70. The van der Waals surface area contributed by atoms with E-state index in [4.69, 9.17) is 4.74 Å². The lowest BCUT2D eigenvalue weighted by molar-refractivity contribution is 0.206. The van der Waals surface area contributed by atoms with Crippen LogP contribution >= 0.6 is 0 Å². The minimum absolute atomic E-state index is 0.277. The van der Waals surface area contributed by atoms with Crippen molar-refractivity contribution >= 4 is 5.57 Å². The number of allylic oxidation sites excluding steroid dienone is 1. The average molecular weight is 232 g/mol. The molecule has 17 heavy (non-hydrogen) atoms. The van der Waals surface area contributed by atoms with E-state index in [1.807, 2.05) is 6.08 Å². The second-order valence-electron chi connectivity index (χ2n) is 4.79. The number of rotatable bonds is 2. The summed E-state index contributed by atoms with van der Waals surface area (Å²) in [6.45, 7) is 4.15. The van der Waals surface area contributed by atoms with Crippen molar-refractivity contribution in [1.82, 2.24) is 0 Å². The van der Waals surface area contributed by atoms with Gasteiger partial charge in [-0.1, -0.05) is 6.08 Å². The predicted molar refractivity (Wildman–Crippen MR) is 70.3 cm³/mol. The highest BCUT2D eigenvalue weighted by Crippen LogP contribution is 2.32. The fourth-order valence-corrected chi connectivity index (χ4v) is 2.48. The molecular weight excluding hydrogens is 212 g/mol. The van der Waals surface area contributed by atoms with E-state index < -0.39 is 0 Å². The van der Waals surface area contributed by atoms with Crippen LogP contribution < -0.4 is 4.74 Å². The fourth-order valence-electron chi connectivity index (χ4n) is 2.48. The Hall–Kier alpha value is -1.28. The topological polar surface area (TPSA) is 29.5 Å². The summed E-state index contributed by atoms with van der Waals surface area (Å²) in [5.41, 5.74) is 4.89. The molecule has 0 saturated heterocycles. The largest absolute Gasteiger partial charge is 0.496 e. The van der Waals surface area contributed by atoms with Crippen LogP contribution in [0.4, 0.5) is 0 Å². The highest BCUT2D eigenvalue weighted by Gasteiger charge is 2.15. The van der Waals surface area contributed by atoms with Gasteiger partial charge in [-0.25, -0.2) is 0 Å². The van der Waals surface area contributed by atoms with Gasteiger partial charge in [-0.15, -0.1) is 0 Å². The molecule has 0 aliphatic heterocycles. The Balaban J connectivity index is 2.42. The zero-order chi connectivity index (χ0) is 12.4. The van der Waals surface area contributed by atoms with Crippen molar-refractivity contribution < 1.29 is 9.84 Å². The molecule has 0 heterocycles. The number of aryl methyl sites for hydroxylation is 2. The molecule has 1 aromatic rings. The molecule has 2 heteroatoms. The van der Waals surface area contributed by atoms with Crippen molar-refractivity contribution in [2.45, 2.75) is 39.2 Å². The monoisotopic (exact) mass is 232 g/mol. The van der Waals surface area contributed by atoms with Crippen LogP contribution in [0, 0.1) is 13.8 Å². The Labute approximate surface area is 103 Å². The summed E-state index contributed by atoms with van der Waals surface area (Å²) in [5.74, 6) is 0.934. The summed E-state index contributed by atoms with van der Waals surface area (Å²) in [6, 6.07) is 4.24. The number of aliphatic hydroxyl groups is 1. The number of aliphatic hydroxyl groups excluding tert-OH is 1. The van der Waals surface area contributed by atoms with Crippen molar-refractivity contribution in [3.8, 4) is 5.75 Å². The number of ether oxygens (including phenoxy) is 1. The summed E-state index contributed by atoms with van der Waals surface area (Å²) in [7, 11) is 1.70.